The van der Waals surface area contributed by atoms with Crippen LogP contribution in [0.3, 0.4) is 0 Å². The average Bonchev–Trinajstić information content (AvgIpc) is 3.44. The SMILES string of the molecule is COc1ccnc(CS(=O)c2nc3ccc(OC(F)F)cc3n2S(=O)(=O)c2ccc(OCC(=O)Nc3ccccn3)cc2)c1OC. The fourth-order valence-electron chi connectivity index (χ4n) is 4.28. The number of carbonyl (C=O) groups is 1. The van der Waals surface area contributed by atoms with E-state index in [1.807, 2.05) is 0 Å². The third-order valence-electron chi connectivity index (χ3n) is 6.28. The molecule has 3 heterocycles. The third kappa shape index (κ3) is 7.05. The Hall–Kier alpha value is -5.16. The molecule has 0 aliphatic rings. The normalized spacial score (nSPS) is 12.1. The Kier molecular flexibility index (Phi) is 9.72. The molecule has 240 valence electrons. The van der Waals surface area contributed by atoms with E-state index in [2.05, 4.69) is 25.0 Å². The molecule has 1 amide bonds. The number of carbonyl (C=O) groups excluding carboxylic acids is 1. The molecule has 3 aromatic heterocycles. The molecule has 0 aliphatic heterocycles. The number of fused-ring (bicyclic) bond motifs is 1. The topological polar surface area (TPSA) is 161 Å². The van der Waals surface area contributed by atoms with E-state index in [4.69, 9.17) is 14.2 Å². The molecule has 5 aromatic rings. The van der Waals surface area contributed by atoms with E-state index in [1.54, 1.807) is 18.2 Å². The van der Waals surface area contributed by atoms with Crippen molar-refractivity contribution in [1.29, 1.82) is 0 Å². The maximum absolute atomic E-state index is 14.1. The van der Waals surface area contributed by atoms with Gasteiger partial charge in [0.15, 0.2) is 18.1 Å². The highest BCUT2D eigenvalue weighted by atomic mass is 32.2. The van der Waals surface area contributed by atoms with Crippen molar-refractivity contribution in [1.82, 2.24) is 18.9 Å². The predicted molar refractivity (Wildman–Crippen MR) is 161 cm³/mol. The maximum Gasteiger partial charge on any atom is 0.387 e. The zero-order valence-corrected chi connectivity index (χ0v) is 25.8. The van der Waals surface area contributed by atoms with Crippen LogP contribution in [0.4, 0.5) is 14.6 Å². The number of alkyl halides is 2. The second kappa shape index (κ2) is 13.9. The van der Waals surface area contributed by atoms with Crippen LogP contribution in [0.25, 0.3) is 11.0 Å². The second-order valence-corrected chi connectivity index (χ2v) is 12.3. The number of nitrogens with zero attached hydrogens (tertiary/aromatic N) is 4. The number of rotatable bonds is 13. The number of pyridine rings is 2. The Balaban J connectivity index is 1.48. The molecule has 0 saturated carbocycles. The van der Waals surface area contributed by atoms with Gasteiger partial charge < -0.3 is 24.3 Å². The number of benzene rings is 2. The number of nitrogens with one attached hydrogen (secondary N) is 1. The zero-order valence-electron chi connectivity index (χ0n) is 24.1. The Labute approximate surface area is 263 Å². The molecule has 2 aromatic carbocycles. The summed E-state index contributed by atoms with van der Waals surface area (Å²) < 4.78 is 89.2. The summed E-state index contributed by atoms with van der Waals surface area (Å²) in [6.45, 7) is -3.56. The van der Waals surface area contributed by atoms with E-state index in [-0.39, 0.29) is 51.2 Å². The monoisotopic (exact) mass is 673 g/mol. The van der Waals surface area contributed by atoms with Gasteiger partial charge in [0.05, 0.1) is 52.4 Å². The number of anilines is 1. The Bertz CT molecular complexity index is 1990. The number of amides is 1. The van der Waals surface area contributed by atoms with Crippen LogP contribution in [0.15, 0.2) is 89.2 Å². The van der Waals surface area contributed by atoms with Gasteiger partial charge in [-0.3, -0.25) is 14.0 Å². The summed E-state index contributed by atoms with van der Waals surface area (Å²) >= 11 is 0. The van der Waals surface area contributed by atoms with E-state index < -0.39 is 38.5 Å². The minimum Gasteiger partial charge on any atom is -0.493 e. The van der Waals surface area contributed by atoms with E-state index >= 15 is 0 Å². The molecule has 0 fully saturated rings. The molecule has 46 heavy (non-hydrogen) atoms. The van der Waals surface area contributed by atoms with Gasteiger partial charge in [0, 0.05) is 24.5 Å². The average molecular weight is 674 g/mol. The van der Waals surface area contributed by atoms with Crippen LogP contribution < -0.4 is 24.3 Å². The van der Waals surface area contributed by atoms with Crippen LogP contribution in [-0.2, 0) is 31.4 Å². The van der Waals surface area contributed by atoms with Crippen molar-refractivity contribution in [2.75, 3.05) is 26.1 Å². The minimum atomic E-state index is -4.55. The first-order chi connectivity index (χ1) is 22.1. The molecule has 1 unspecified atom stereocenters. The molecule has 1 atom stereocenters. The van der Waals surface area contributed by atoms with Gasteiger partial charge in [-0.1, -0.05) is 6.07 Å². The van der Waals surface area contributed by atoms with Crippen molar-refractivity contribution in [3.8, 4) is 23.0 Å². The lowest BCUT2D eigenvalue weighted by atomic mass is 10.3. The maximum atomic E-state index is 14.1. The summed E-state index contributed by atoms with van der Waals surface area (Å²) in [5.41, 5.74) is 0.100. The minimum absolute atomic E-state index is 0.0537. The molecule has 0 radical (unpaired) electrons. The number of hydrogen-bond acceptors (Lipinski definition) is 11. The summed E-state index contributed by atoms with van der Waals surface area (Å²) in [6.07, 6.45) is 2.92. The van der Waals surface area contributed by atoms with E-state index in [0.717, 1.165) is 6.07 Å². The van der Waals surface area contributed by atoms with Gasteiger partial charge in [0.2, 0.25) is 5.16 Å². The molecule has 0 spiro atoms. The van der Waals surface area contributed by atoms with Crippen molar-refractivity contribution >= 4 is 43.6 Å². The Morgan fingerprint density at radius 1 is 0.978 bits per heavy atom. The molecule has 0 aliphatic carbocycles. The summed E-state index contributed by atoms with van der Waals surface area (Å²) in [5.74, 6) is -0.125. The highest BCUT2D eigenvalue weighted by Gasteiger charge is 2.29. The summed E-state index contributed by atoms with van der Waals surface area (Å²) in [5, 5.41) is 2.16. The fraction of sp³-hybridized carbons (Fsp3) is 0.172. The van der Waals surface area contributed by atoms with E-state index in [9.17, 15) is 26.2 Å². The first-order valence-electron chi connectivity index (χ1n) is 13.2. The number of ether oxygens (including phenoxy) is 4. The Morgan fingerprint density at radius 3 is 2.41 bits per heavy atom. The van der Waals surface area contributed by atoms with Gasteiger partial charge in [-0.15, -0.1) is 0 Å². The summed E-state index contributed by atoms with van der Waals surface area (Å²) in [4.78, 5) is 24.4. The predicted octanol–water partition coefficient (Wildman–Crippen LogP) is 4.01. The molecule has 1 N–H and O–H groups in total. The second-order valence-electron chi connectivity index (χ2n) is 9.20. The molecule has 0 bridgehead atoms. The lowest BCUT2D eigenvalue weighted by molar-refractivity contribution is -0.118. The lowest BCUT2D eigenvalue weighted by Crippen LogP contribution is -2.20. The highest BCUT2D eigenvalue weighted by Crippen LogP contribution is 2.33. The molecular formula is C29H25F2N5O8S2. The quantitative estimate of drug-likeness (QED) is 0.192. The van der Waals surface area contributed by atoms with Crippen LogP contribution in [0.5, 0.6) is 23.0 Å². The molecular weight excluding hydrogens is 648 g/mol. The first kappa shape index (κ1) is 32.2. The number of halogens is 2. The van der Waals surface area contributed by atoms with Crippen LogP contribution in [-0.4, -0.2) is 64.9 Å². The van der Waals surface area contributed by atoms with Gasteiger partial charge in [0.1, 0.15) is 17.3 Å². The van der Waals surface area contributed by atoms with Crippen molar-refractivity contribution in [2.45, 2.75) is 22.4 Å². The van der Waals surface area contributed by atoms with Crippen LogP contribution in [0.1, 0.15) is 5.69 Å². The van der Waals surface area contributed by atoms with Gasteiger partial charge in [0.25, 0.3) is 15.9 Å². The molecule has 0 saturated heterocycles. The van der Waals surface area contributed by atoms with Crippen molar-refractivity contribution in [3.05, 3.63) is 84.8 Å². The van der Waals surface area contributed by atoms with Crippen molar-refractivity contribution < 1.29 is 45.1 Å². The van der Waals surface area contributed by atoms with Crippen molar-refractivity contribution in [3.63, 3.8) is 0 Å². The van der Waals surface area contributed by atoms with E-state index in [1.165, 1.54) is 69.1 Å². The van der Waals surface area contributed by atoms with Crippen molar-refractivity contribution in [2.24, 2.45) is 0 Å². The fourth-order valence-corrected chi connectivity index (χ4v) is 7.24. The molecule has 13 nitrogen and oxygen atoms in total. The number of methoxy groups -OCH3 is 2. The van der Waals surface area contributed by atoms with Crippen LogP contribution in [0.2, 0.25) is 0 Å². The van der Waals surface area contributed by atoms with Crippen LogP contribution >= 0.6 is 0 Å². The zero-order chi connectivity index (χ0) is 32.8. The number of hydrogen-bond donors (Lipinski definition) is 1. The standard InChI is InChI=1S/C29H25F2N5O8S2/c1-41-24-12-14-32-22(27(24)42-2)17-45(38)29-34-21-11-8-19(44-28(30)31)15-23(21)36(29)46(39,40)20-9-6-18(7-10-20)43-16-26(37)35-25-5-3-4-13-33-25/h3-15,28H,16-17H2,1-2H3,(H,33,35,37). The van der Waals surface area contributed by atoms with Gasteiger partial charge in [-0.25, -0.2) is 22.4 Å². The summed E-state index contributed by atoms with van der Waals surface area (Å²) in [7, 11) is -3.93. The summed E-state index contributed by atoms with van der Waals surface area (Å²) in [6, 6.07) is 15.1. The number of imidazole rings is 1. The lowest BCUT2D eigenvalue weighted by Gasteiger charge is -2.13. The first-order valence-corrected chi connectivity index (χ1v) is 16.0. The number of aromatic nitrogens is 4. The van der Waals surface area contributed by atoms with E-state index in [0.29, 0.717) is 15.5 Å². The largest absolute Gasteiger partial charge is 0.493 e. The van der Waals surface area contributed by atoms with Crippen LogP contribution in [0, 0.1) is 0 Å². The Morgan fingerprint density at radius 2 is 1.74 bits per heavy atom. The molecule has 5 rings (SSSR count). The van der Waals surface area contributed by atoms with Gasteiger partial charge in [-0.05, 0) is 48.5 Å². The van der Waals surface area contributed by atoms with Gasteiger partial charge in [-0.2, -0.15) is 8.78 Å². The smallest absolute Gasteiger partial charge is 0.387 e. The highest BCUT2D eigenvalue weighted by molar-refractivity contribution is 7.91. The third-order valence-corrected chi connectivity index (χ3v) is 9.33. The van der Waals surface area contributed by atoms with Gasteiger partial charge >= 0.3 is 6.61 Å². The molecule has 17 heteroatoms.